The molecule has 11 aromatic rings. The fourth-order valence-electron chi connectivity index (χ4n) is 9.37. The number of hydrogen-bond donors (Lipinski definition) is 0. The van der Waals surface area contributed by atoms with Crippen LogP contribution in [-0.4, -0.2) is 8.07 Å². The van der Waals surface area contributed by atoms with Gasteiger partial charge in [-0.2, -0.15) is 0 Å². The van der Waals surface area contributed by atoms with Crippen molar-refractivity contribution in [3.8, 4) is 22.3 Å². The van der Waals surface area contributed by atoms with Crippen LogP contribution in [0.4, 0.5) is 17.1 Å². The van der Waals surface area contributed by atoms with Crippen molar-refractivity contribution >= 4 is 88.2 Å². The third kappa shape index (κ3) is 6.56. The quantitative estimate of drug-likeness (QED) is 0.104. The van der Waals surface area contributed by atoms with E-state index >= 15 is 0 Å². The zero-order chi connectivity index (χ0) is 40.6. The minimum Gasteiger partial charge on any atom is -0.310 e. The van der Waals surface area contributed by atoms with Gasteiger partial charge in [0, 0.05) is 37.2 Å². The summed E-state index contributed by atoms with van der Waals surface area (Å²) in [6.07, 6.45) is 0. The van der Waals surface area contributed by atoms with E-state index in [0.717, 1.165) is 17.1 Å². The summed E-state index contributed by atoms with van der Waals surface area (Å²) in [5, 5.41) is 10.5. The van der Waals surface area contributed by atoms with Gasteiger partial charge in [0.2, 0.25) is 0 Å². The summed E-state index contributed by atoms with van der Waals surface area (Å²) >= 11 is 1.87. The summed E-state index contributed by atoms with van der Waals surface area (Å²) in [5.41, 5.74) is 8.29. The van der Waals surface area contributed by atoms with Crippen molar-refractivity contribution in [2.45, 2.75) is 0 Å². The number of hydrogen-bond acceptors (Lipinski definition) is 2. The number of nitrogens with zero attached hydrogens (tertiary/aromatic N) is 1. The van der Waals surface area contributed by atoms with Gasteiger partial charge < -0.3 is 4.90 Å². The van der Waals surface area contributed by atoms with E-state index in [9.17, 15) is 0 Å². The number of thiophene rings is 1. The van der Waals surface area contributed by atoms with E-state index in [-0.39, 0.29) is 0 Å². The first-order valence-electron chi connectivity index (χ1n) is 20.9. The first-order valence-corrected chi connectivity index (χ1v) is 23.7. The Balaban J connectivity index is 1.11. The number of benzene rings is 10. The average molecular weight is 812 g/mol. The first-order chi connectivity index (χ1) is 30.2. The second-order valence-electron chi connectivity index (χ2n) is 15.7. The lowest BCUT2D eigenvalue weighted by atomic mass is 9.98. The maximum absolute atomic E-state index is 2.78. The van der Waals surface area contributed by atoms with Gasteiger partial charge >= 0.3 is 0 Å². The Morgan fingerprint density at radius 3 is 1.46 bits per heavy atom. The van der Waals surface area contributed by atoms with Crippen LogP contribution in [0.25, 0.3) is 53.2 Å². The standard InChI is InChI=1S/C58H41NSSi/c1-5-17-42(18-6-1)45-33-37-55-56-38-36-48(41-58(56)60-57(55)39-45)59(46-34-31-44(32-35-46)54-30-15-20-43-19-13-14-29-53(43)54)47-21-16-28-52(40-47)61(49-22-7-2-8-23-49,50-24-9-3-10-25-50)51-26-11-4-12-27-51/h1-41H. The van der Waals surface area contributed by atoms with E-state index in [2.05, 4.69) is 254 Å². The van der Waals surface area contributed by atoms with E-state index < -0.39 is 8.07 Å². The molecule has 1 aromatic heterocycles. The topological polar surface area (TPSA) is 3.24 Å². The van der Waals surface area contributed by atoms with Crippen LogP contribution in [0.3, 0.4) is 0 Å². The van der Waals surface area contributed by atoms with Crippen LogP contribution < -0.4 is 25.6 Å². The molecule has 288 valence electrons. The summed E-state index contributed by atoms with van der Waals surface area (Å²) in [5.74, 6) is 0. The van der Waals surface area contributed by atoms with E-state index in [1.165, 1.54) is 73.9 Å². The Morgan fingerprint density at radius 1 is 0.295 bits per heavy atom. The normalized spacial score (nSPS) is 11.6. The summed E-state index contributed by atoms with van der Waals surface area (Å²) < 4.78 is 2.57. The van der Waals surface area contributed by atoms with E-state index in [0.29, 0.717) is 0 Å². The van der Waals surface area contributed by atoms with Gasteiger partial charge in [-0.25, -0.2) is 0 Å². The monoisotopic (exact) mass is 811 g/mol. The fourth-order valence-corrected chi connectivity index (χ4v) is 15.3. The fraction of sp³-hybridized carbons (Fsp3) is 0. The van der Waals surface area contributed by atoms with Gasteiger partial charge in [-0.15, -0.1) is 11.3 Å². The van der Waals surface area contributed by atoms with Gasteiger partial charge in [-0.05, 0) is 96.2 Å². The van der Waals surface area contributed by atoms with Gasteiger partial charge in [0.15, 0.2) is 8.07 Å². The van der Waals surface area contributed by atoms with Crippen molar-refractivity contribution in [2.24, 2.45) is 0 Å². The van der Waals surface area contributed by atoms with Crippen LogP contribution >= 0.6 is 11.3 Å². The summed E-state index contributed by atoms with van der Waals surface area (Å²) in [4.78, 5) is 2.45. The highest BCUT2D eigenvalue weighted by molar-refractivity contribution is 7.26. The minimum absolute atomic E-state index is 1.11. The van der Waals surface area contributed by atoms with Crippen LogP contribution in [0.15, 0.2) is 249 Å². The predicted molar refractivity (Wildman–Crippen MR) is 266 cm³/mol. The molecule has 0 bridgehead atoms. The van der Waals surface area contributed by atoms with Gasteiger partial charge in [0.05, 0.1) is 0 Å². The third-order valence-corrected chi connectivity index (χ3v) is 18.1. The van der Waals surface area contributed by atoms with Crippen LogP contribution in [-0.2, 0) is 0 Å². The molecule has 0 spiro atoms. The summed E-state index contributed by atoms with van der Waals surface area (Å²) in [7, 11) is -2.78. The molecule has 0 saturated carbocycles. The zero-order valence-electron chi connectivity index (χ0n) is 33.5. The van der Waals surface area contributed by atoms with Crippen LogP contribution in [0, 0.1) is 0 Å². The Morgan fingerprint density at radius 2 is 0.787 bits per heavy atom. The Kier molecular flexibility index (Phi) is 9.46. The van der Waals surface area contributed by atoms with Crippen molar-refractivity contribution in [2.75, 3.05) is 4.90 Å². The molecule has 1 nitrogen and oxygen atoms in total. The molecule has 1 heterocycles. The molecule has 0 saturated heterocycles. The van der Waals surface area contributed by atoms with Gasteiger partial charge in [-0.1, -0.05) is 206 Å². The lowest BCUT2D eigenvalue weighted by Gasteiger charge is -2.35. The first kappa shape index (κ1) is 36.8. The molecule has 11 rings (SSSR count). The molecule has 0 N–H and O–H groups in total. The molecule has 0 aliphatic rings. The predicted octanol–water partition coefficient (Wildman–Crippen LogP) is 13.4. The van der Waals surface area contributed by atoms with Gasteiger partial charge in [-0.3, -0.25) is 0 Å². The highest BCUT2D eigenvalue weighted by Gasteiger charge is 2.41. The van der Waals surface area contributed by atoms with Crippen molar-refractivity contribution in [3.63, 3.8) is 0 Å². The van der Waals surface area contributed by atoms with Crippen LogP contribution in [0.2, 0.25) is 0 Å². The molecule has 0 fully saturated rings. The van der Waals surface area contributed by atoms with Gasteiger partial charge in [0.1, 0.15) is 0 Å². The molecule has 0 aliphatic heterocycles. The van der Waals surface area contributed by atoms with E-state index in [4.69, 9.17) is 0 Å². The van der Waals surface area contributed by atoms with Crippen molar-refractivity contribution in [1.29, 1.82) is 0 Å². The Bertz CT molecular complexity index is 3190. The van der Waals surface area contributed by atoms with Crippen molar-refractivity contribution in [1.82, 2.24) is 0 Å². The smallest absolute Gasteiger partial charge is 0.179 e. The van der Waals surface area contributed by atoms with Crippen molar-refractivity contribution < 1.29 is 0 Å². The lowest BCUT2D eigenvalue weighted by Crippen LogP contribution is -2.74. The molecule has 10 aromatic carbocycles. The molecule has 0 radical (unpaired) electrons. The molecular formula is C58H41NSSi. The molecule has 61 heavy (non-hydrogen) atoms. The number of fused-ring (bicyclic) bond motifs is 4. The molecule has 0 atom stereocenters. The Hall–Kier alpha value is -7.30. The second kappa shape index (κ2) is 15.7. The molecule has 3 heteroatoms. The highest BCUT2D eigenvalue weighted by Crippen LogP contribution is 2.42. The van der Waals surface area contributed by atoms with Crippen LogP contribution in [0.1, 0.15) is 0 Å². The summed E-state index contributed by atoms with van der Waals surface area (Å²) in [6, 6.07) is 92.0. The van der Waals surface area contributed by atoms with Gasteiger partial charge in [0.25, 0.3) is 0 Å². The maximum atomic E-state index is 2.47. The number of rotatable bonds is 9. The maximum Gasteiger partial charge on any atom is 0.179 e. The molecule has 0 amide bonds. The molecular weight excluding hydrogens is 771 g/mol. The Labute approximate surface area is 362 Å². The SMILES string of the molecule is c1ccc(-c2ccc3c(c2)sc2cc(N(c4ccc(-c5cccc6ccccc56)cc4)c4cccc([Si](c5ccccc5)(c5ccccc5)c5ccccc5)c4)ccc23)cc1. The largest absolute Gasteiger partial charge is 0.310 e. The van der Waals surface area contributed by atoms with Crippen LogP contribution in [0.5, 0.6) is 0 Å². The highest BCUT2D eigenvalue weighted by atomic mass is 32.1. The summed E-state index contributed by atoms with van der Waals surface area (Å²) in [6.45, 7) is 0. The van der Waals surface area contributed by atoms with E-state index in [1.807, 2.05) is 11.3 Å². The second-order valence-corrected chi connectivity index (χ2v) is 20.6. The number of anilines is 3. The molecule has 0 aliphatic carbocycles. The third-order valence-electron chi connectivity index (χ3n) is 12.2. The zero-order valence-corrected chi connectivity index (χ0v) is 35.3. The van der Waals surface area contributed by atoms with E-state index in [1.54, 1.807) is 0 Å². The van der Waals surface area contributed by atoms with Crippen molar-refractivity contribution in [3.05, 3.63) is 249 Å². The lowest BCUT2D eigenvalue weighted by molar-refractivity contribution is 1.29. The average Bonchev–Trinajstić information content (AvgIpc) is 3.71. The molecule has 0 unspecified atom stereocenters. The minimum atomic E-state index is -2.78.